The number of carbonyl (C=O) groups excluding carboxylic acids is 14. The number of nitrogens with two attached hydrogens (primary N) is 2. The molecule has 120 heavy (non-hydrogen) atoms. The normalized spacial score (nSPS) is 18.7. The van der Waals surface area contributed by atoms with Gasteiger partial charge in [0.25, 0.3) is 0 Å². The summed E-state index contributed by atoms with van der Waals surface area (Å²) in [6, 6.07) is 1.18. The van der Waals surface area contributed by atoms with E-state index in [0.29, 0.717) is 36.0 Å². The number of benzene rings is 3. The summed E-state index contributed by atoms with van der Waals surface area (Å²) in [5.74, 6) is -19.4. The van der Waals surface area contributed by atoms with Gasteiger partial charge in [-0.2, -0.15) is 0 Å². The second-order valence-electron chi connectivity index (χ2n) is 30.6. The topological polar surface area (TPSA) is 587 Å². The highest BCUT2D eigenvalue weighted by atomic mass is 33.1. The zero-order chi connectivity index (χ0) is 88.4. The van der Waals surface area contributed by atoms with Crippen molar-refractivity contribution in [3.8, 4) is 5.75 Å². The van der Waals surface area contributed by atoms with E-state index in [1.54, 1.807) is 110 Å². The van der Waals surface area contributed by atoms with Crippen LogP contribution in [0.2, 0.25) is 0 Å². The molecule has 14 amide bonds. The van der Waals surface area contributed by atoms with Gasteiger partial charge in [0, 0.05) is 73.8 Å². The van der Waals surface area contributed by atoms with Crippen LogP contribution in [0.1, 0.15) is 142 Å². The maximum absolute atomic E-state index is 15.4. The molecule has 37 nitrogen and oxygen atoms in total. The van der Waals surface area contributed by atoms with Crippen molar-refractivity contribution >= 4 is 127 Å². The number of phenolic OH excluding ortho intramolecular Hbond substituents is 1. The van der Waals surface area contributed by atoms with Crippen molar-refractivity contribution in [1.82, 2.24) is 84.1 Å². The molecule has 0 unspecified atom stereocenters. The summed E-state index contributed by atoms with van der Waals surface area (Å²) in [6.45, 7) is 14.8. The summed E-state index contributed by atoms with van der Waals surface area (Å²) in [4.78, 5) is 237. The summed E-state index contributed by atoms with van der Waals surface area (Å²) in [7, 11) is 1.72. The molecular weight excluding hydrogens is 1590 g/mol. The molecule has 2 aromatic heterocycles. The number of aromatic amines is 2. The molecule has 1 saturated heterocycles. The largest absolute Gasteiger partial charge is 0.508 e. The molecule has 5 aromatic rings. The monoisotopic (exact) mass is 1710 g/mol. The molecule has 1 aliphatic heterocycles. The molecule has 0 spiro atoms. The Hall–Kier alpha value is -11.6. The number of phenols is 1. The van der Waals surface area contributed by atoms with Crippen molar-refractivity contribution in [1.29, 1.82) is 0 Å². The molecule has 6 rings (SSSR count). The van der Waals surface area contributed by atoms with Crippen molar-refractivity contribution in [3.63, 3.8) is 0 Å². The average Bonchev–Trinajstić information content (AvgIpc) is 1.69. The number of aliphatic carboxylic acids is 2. The molecule has 39 heteroatoms. The number of nitrogens with zero attached hydrogens (tertiary/aromatic N) is 1. The van der Waals surface area contributed by atoms with Crippen LogP contribution in [0, 0.1) is 23.7 Å². The Labute approximate surface area is 703 Å². The Morgan fingerprint density at radius 2 is 1.11 bits per heavy atom. The van der Waals surface area contributed by atoms with E-state index in [9.17, 15) is 72.9 Å². The number of carbonyl (C=O) groups is 16. The summed E-state index contributed by atoms with van der Waals surface area (Å²) in [5.41, 5.74) is 13.9. The Morgan fingerprint density at radius 3 is 1.70 bits per heavy atom. The number of unbranched alkanes of at least 4 members (excludes halogenated alkanes) is 1. The Bertz CT molecular complexity index is 4340. The number of amides is 14. The van der Waals surface area contributed by atoms with Gasteiger partial charge in [-0.25, -0.2) is 9.78 Å². The zero-order valence-corrected chi connectivity index (χ0v) is 70.3. The molecular formula is C81H114N18O19S2. The van der Waals surface area contributed by atoms with E-state index in [0.717, 1.165) is 32.5 Å². The number of fused-ring (bicyclic) bond motifs is 1. The number of carboxylic acid groups (broad SMARTS) is 2. The van der Waals surface area contributed by atoms with Crippen LogP contribution in [-0.2, 0) is 102 Å². The number of carboxylic acids is 2. The lowest BCUT2D eigenvalue weighted by molar-refractivity contribution is -0.142. The van der Waals surface area contributed by atoms with Crippen LogP contribution >= 0.6 is 21.6 Å². The standard InChI is InChI=1S/C81H114N18O19S2/c1-10-44(7)67(79(115)94-61(81(117)118)34-49-37-85-53-22-16-15-21-52(49)53)99-80(116)68(45(8)11-2)98-75(111)60(36-64(83)102)92-71(107)56(31-42(3)4)89-74(110)59(35-50-38-84-41-86-50)91-76(112)62-39-119-120-40-63(95-70(106)55(28-29-65(103)104)88-69(105)54(87-46(9)100)23-17-18-30-82)77(113)97-66(43(5)6)78(114)93-58(33-48-24-26-51(101)27-25-48)72(108)90-57(73(109)96-62)32-47-19-13-12-14-20-47/h12-16,19-22,24-27,37-38,41-45,54-63,66-68,85,101H,10-11,17-18,23,28-36,39-40,82H2,1-9H3,(H2,83,102)(H,84,86)(H,87,100)(H,88,105)(H,89,110)(H,90,108)(H,91,112)(H,92,107)(H,93,114)(H,94,115)(H,95,106)(H,96,109)(H,97,113)(H,98,111)(H,99,116)(H,103,104)(H,117,118)/t44-,45-,54-,55-,56-,57-,58-,59-,60-,61-,62-,63-,66-,67-,68-/m0/s1. The van der Waals surface area contributed by atoms with Crippen LogP contribution in [0.25, 0.3) is 10.9 Å². The summed E-state index contributed by atoms with van der Waals surface area (Å²) < 4.78 is 0. The molecule has 15 atom stereocenters. The quantitative estimate of drug-likeness (QED) is 0.0185. The first-order valence-electron chi connectivity index (χ1n) is 39.9. The first-order valence-corrected chi connectivity index (χ1v) is 42.4. The van der Waals surface area contributed by atoms with Gasteiger partial charge in [-0.05, 0) is 97.2 Å². The Balaban J connectivity index is 1.34. The van der Waals surface area contributed by atoms with E-state index < -0.39 is 234 Å². The van der Waals surface area contributed by atoms with E-state index in [1.165, 1.54) is 43.7 Å². The lowest BCUT2D eigenvalue weighted by Gasteiger charge is -2.31. The number of imidazole rings is 1. The lowest BCUT2D eigenvalue weighted by Crippen LogP contribution is -2.62. The van der Waals surface area contributed by atoms with Crippen LogP contribution in [0.3, 0.4) is 0 Å². The second kappa shape index (κ2) is 48.5. The van der Waals surface area contributed by atoms with Gasteiger partial charge >= 0.3 is 11.9 Å². The average molecular weight is 1710 g/mol. The predicted octanol–water partition coefficient (Wildman–Crippen LogP) is 0.333. The first kappa shape index (κ1) is 97.2. The van der Waals surface area contributed by atoms with Crippen LogP contribution in [0.4, 0.5) is 0 Å². The van der Waals surface area contributed by atoms with Crippen LogP contribution in [0.15, 0.2) is 97.6 Å². The maximum Gasteiger partial charge on any atom is 0.326 e. The van der Waals surface area contributed by atoms with E-state index in [-0.39, 0.29) is 56.5 Å². The number of H-pyrrole nitrogens is 2. The molecule has 22 N–H and O–H groups in total. The highest BCUT2D eigenvalue weighted by molar-refractivity contribution is 8.76. The molecule has 0 aliphatic carbocycles. The fraction of sp³-hybridized carbons (Fsp3) is 0.519. The minimum absolute atomic E-state index is 0.0776. The molecule has 3 heterocycles. The van der Waals surface area contributed by atoms with Gasteiger partial charge in [-0.1, -0.05) is 150 Å². The second-order valence-corrected chi connectivity index (χ2v) is 33.1. The van der Waals surface area contributed by atoms with Gasteiger partial charge in [0.05, 0.1) is 18.4 Å². The summed E-state index contributed by atoms with van der Waals surface area (Å²) in [6.07, 6.45) is 2.63. The van der Waals surface area contributed by atoms with Crippen LogP contribution < -0.4 is 80.6 Å². The number of primary amides is 1. The predicted molar refractivity (Wildman–Crippen MR) is 446 cm³/mol. The fourth-order valence-electron chi connectivity index (χ4n) is 13.1. The summed E-state index contributed by atoms with van der Waals surface area (Å²) in [5, 5.41) is 65.3. The highest BCUT2D eigenvalue weighted by Crippen LogP contribution is 2.26. The number of para-hydroxylation sites is 1. The Kier molecular flexibility index (Phi) is 39.3. The van der Waals surface area contributed by atoms with Crippen molar-refractivity contribution in [3.05, 3.63) is 120 Å². The number of hydrogen-bond donors (Lipinski definition) is 20. The van der Waals surface area contributed by atoms with Crippen molar-refractivity contribution in [2.75, 3.05) is 18.1 Å². The minimum Gasteiger partial charge on any atom is -0.508 e. The van der Waals surface area contributed by atoms with Gasteiger partial charge < -0.3 is 106 Å². The number of rotatable bonds is 42. The fourth-order valence-corrected chi connectivity index (χ4v) is 15.4. The molecule has 1 aliphatic rings. The van der Waals surface area contributed by atoms with Crippen molar-refractivity contribution in [2.24, 2.45) is 35.1 Å². The number of hydrogen-bond acceptors (Lipinski definition) is 21. The smallest absolute Gasteiger partial charge is 0.326 e. The summed E-state index contributed by atoms with van der Waals surface area (Å²) >= 11 is 0. The number of aromatic nitrogens is 3. The maximum atomic E-state index is 15.4. The van der Waals surface area contributed by atoms with Crippen LogP contribution in [0.5, 0.6) is 5.75 Å². The van der Waals surface area contributed by atoms with Gasteiger partial charge in [0.2, 0.25) is 82.7 Å². The number of nitrogens with one attached hydrogen (secondary N) is 15. The molecule has 0 radical (unpaired) electrons. The molecule has 0 saturated carbocycles. The van der Waals surface area contributed by atoms with Gasteiger partial charge in [-0.3, -0.25) is 71.9 Å². The van der Waals surface area contributed by atoms with Crippen molar-refractivity contribution < 1.29 is 92.0 Å². The first-order chi connectivity index (χ1) is 57.0. The van der Waals surface area contributed by atoms with Crippen LogP contribution in [-0.4, -0.2) is 222 Å². The van der Waals surface area contributed by atoms with E-state index in [4.69, 9.17) is 11.5 Å². The van der Waals surface area contributed by atoms with Gasteiger partial charge in [0.1, 0.15) is 84.3 Å². The minimum atomic E-state index is -1.82. The third-order valence-corrected chi connectivity index (χ3v) is 22.6. The zero-order valence-electron chi connectivity index (χ0n) is 68.7. The van der Waals surface area contributed by atoms with Gasteiger partial charge in [-0.15, -0.1) is 0 Å². The molecule has 654 valence electrons. The molecule has 0 bridgehead atoms. The van der Waals surface area contributed by atoms with E-state index >= 15 is 19.2 Å². The third-order valence-electron chi connectivity index (χ3n) is 20.2. The molecule has 1 fully saturated rings. The third kappa shape index (κ3) is 31.3. The van der Waals surface area contributed by atoms with Gasteiger partial charge in [0.15, 0.2) is 0 Å². The SMILES string of the molecule is CC[C@H](C)[C@H](NC(=O)[C@H](CC(N)=O)NC(=O)[C@H](CC(C)C)NC(=O)[C@H](Cc1c[nH]cn1)NC(=O)[C@@H]1CSSC[C@H](NC(=O)[C@H](CCC(=O)O)NC(=O)[C@H](CCCCN)NC(C)=O)C(=O)N[C@@H](C(C)C)C(=O)N[C@@H](Cc2ccc(O)cc2)C(=O)N[C@@H](Cc2ccccc2)C(=O)N1)C(=O)N[C@H](C(=O)N[C@@H](Cc1c[nH]c2ccccc12)C(=O)O)[C@@H](C)CC. The number of aromatic hydroxyl groups is 1. The van der Waals surface area contributed by atoms with E-state index in [2.05, 4.69) is 84.1 Å². The van der Waals surface area contributed by atoms with E-state index in [1.807, 2.05) is 6.07 Å². The lowest BCUT2D eigenvalue weighted by atomic mass is 9.94. The Morgan fingerprint density at radius 1 is 0.558 bits per heavy atom. The molecule has 3 aromatic carbocycles. The van der Waals surface area contributed by atoms with Crippen molar-refractivity contribution in [2.45, 2.75) is 224 Å². The highest BCUT2D eigenvalue weighted by Gasteiger charge is 2.41.